The van der Waals surface area contributed by atoms with Gasteiger partial charge in [-0.1, -0.05) is 18.2 Å². The number of carbonyl (C=O) groups excluding carboxylic acids is 1. The van der Waals surface area contributed by atoms with Gasteiger partial charge in [0.2, 0.25) is 5.91 Å². The Morgan fingerprint density at radius 3 is 2.75 bits per heavy atom. The van der Waals surface area contributed by atoms with Gasteiger partial charge in [-0.25, -0.2) is 0 Å². The SMILES string of the molecule is C[C@@H]1OCCC[C@@H]1C(=O)N(C)Cc1ccccc1N1CCOCC1. The highest BCUT2D eigenvalue weighted by molar-refractivity contribution is 5.79. The molecule has 3 rings (SSSR count). The van der Waals surface area contributed by atoms with Gasteiger partial charge < -0.3 is 19.3 Å². The van der Waals surface area contributed by atoms with E-state index in [4.69, 9.17) is 9.47 Å². The third kappa shape index (κ3) is 3.90. The molecule has 2 atom stereocenters. The third-order valence-corrected chi connectivity index (χ3v) is 5.05. The van der Waals surface area contributed by atoms with E-state index in [1.54, 1.807) is 0 Å². The van der Waals surface area contributed by atoms with Crippen molar-refractivity contribution in [1.82, 2.24) is 4.90 Å². The van der Waals surface area contributed by atoms with Crippen molar-refractivity contribution in [2.24, 2.45) is 5.92 Å². The van der Waals surface area contributed by atoms with Crippen molar-refractivity contribution in [3.63, 3.8) is 0 Å². The summed E-state index contributed by atoms with van der Waals surface area (Å²) in [4.78, 5) is 17.0. The minimum Gasteiger partial charge on any atom is -0.378 e. The van der Waals surface area contributed by atoms with E-state index in [1.807, 2.05) is 24.9 Å². The van der Waals surface area contributed by atoms with Gasteiger partial charge >= 0.3 is 0 Å². The number of rotatable bonds is 4. The van der Waals surface area contributed by atoms with Crippen LogP contribution in [0.2, 0.25) is 0 Å². The summed E-state index contributed by atoms with van der Waals surface area (Å²) in [5, 5.41) is 0. The number of amides is 1. The molecule has 2 aliphatic rings. The van der Waals surface area contributed by atoms with Gasteiger partial charge in [0.25, 0.3) is 0 Å². The Hall–Kier alpha value is -1.59. The highest BCUT2D eigenvalue weighted by Crippen LogP contribution is 2.26. The minimum absolute atomic E-state index is 0.0145. The van der Waals surface area contributed by atoms with Crippen LogP contribution >= 0.6 is 0 Å². The van der Waals surface area contributed by atoms with Crippen LogP contribution in [0.15, 0.2) is 24.3 Å². The molecule has 0 unspecified atom stereocenters. The van der Waals surface area contributed by atoms with Crippen LogP contribution in [0.5, 0.6) is 0 Å². The zero-order valence-corrected chi connectivity index (χ0v) is 14.7. The molecule has 0 spiro atoms. The average molecular weight is 332 g/mol. The summed E-state index contributed by atoms with van der Waals surface area (Å²) in [5.74, 6) is 0.179. The summed E-state index contributed by atoms with van der Waals surface area (Å²) in [7, 11) is 1.90. The third-order valence-electron chi connectivity index (χ3n) is 5.05. The summed E-state index contributed by atoms with van der Waals surface area (Å²) in [5.41, 5.74) is 2.41. The second-order valence-corrected chi connectivity index (χ2v) is 6.75. The fourth-order valence-electron chi connectivity index (χ4n) is 3.62. The normalized spacial score (nSPS) is 24.7. The Balaban J connectivity index is 1.69. The van der Waals surface area contributed by atoms with Gasteiger partial charge in [-0.3, -0.25) is 4.79 Å². The second-order valence-electron chi connectivity index (χ2n) is 6.75. The monoisotopic (exact) mass is 332 g/mol. The predicted octanol–water partition coefficient (Wildman–Crippen LogP) is 2.30. The van der Waals surface area contributed by atoms with Crippen LogP contribution in [0.1, 0.15) is 25.3 Å². The van der Waals surface area contributed by atoms with E-state index in [-0.39, 0.29) is 17.9 Å². The molecule has 0 saturated carbocycles. The van der Waals surface area contributed by atoms with Crippen LogP contribution in [0, 0.1) is 5.92 Å². The predicted molar refractivity (Wildman–Crippen MR) is 94.1 cm³/mol. The largest absolute Gasteiger partial charge is 0.378 e. The molecule has 5 nitrogen and oxygen atoms in total. The van der Waals surface area contributed by atoms with Crippen LogP contribution in [0.4, 0.5) is 5.69 Å². The van der Waals surface area contributed by atoms with Crippen LogP contribution in [-0.2, 0) is 20.8 Å². The van der Waals surface area contributed by atoms with E-state index in [1.165, 1.54) is 11.3 Å². The first kappa shape index (κ1) is 17.2. The maximum atomic E-state index is 12.8. The number of anilines is 1. The van der Waals surface area contributed by atoms with Gasteiger partial charge in [0.1, 0.15) is 0 Å². The van der Waals surface area contributed by atoms with E-state index >= 15 is 0 Å². The Labute approximate surface area is 144 Å². The molecule has 0 bridgehead atoms. The summed E-state index contributed by atoms with van der Waals surface area (Å²) in [6, 6.07) is 8.37. The van der Waals surface area contributed by atoms with Crippen molar-refractivity contribution in [2.75, 3.05) is 44.9 Å². The molecule has 0 aromatic heterocycles. The van der Waals surface area contributed by atoms with Crippen molar-refractivity contribution >= 4 is 11.6 Å². The van der Waals surface area contributed by atoms with Crippen molar-refractivity contribution in [2.45, 2.75) is 32.4 Å². The number of para-hydroxylation sites is 1. The first-order valence-corrected chi connectivity index (χ1v) is 8.94. The fourth-order valence-corrected chi connectivity index (χ4v) is 3.62. The molecule has 2 aliphatic heterocycles. The number of morpholine rings is 1. The lowest BCUT2D eigenvalue weighted by molar-refractivity contribution is -0.143. The lowest BCUT2D eigenvalue weighted by Crippen LogP contribution is -2.41. The maximum Gasteiger partial charge on any atom is 0.228 e. The van der Waals surface area contributed by atoms with Crippen LogP contribution in [-0.4, -0.2) is 56.9 Å². The van der Waals surface area contributed by atoms with Crippen molar-refractivity contribution < 1.29 is 14.3 Å². The molecular weight excluding hydrogens is 304 g/mol. The smallest absolute Gasteiger partial charge is 0.228 e. The Morgan fingerprint density at radius 2 is 2.00 bits per heavy atom. The minimum atomic E-state index is -0.0145. The van der Waals surface area contributed by atoms with Gasteiger partial charge in [0.05, 0.1) is 25.2 Å². The van der Waals surface area contributed by atoms with E-state index in [0.29, 0.717) is 6.54 Å². The maximum absolute atomic E-state index is 12.8. The van der Waals surface area contributed by atoms with Gasteiger partial charge in [0.15, 0.2) is 0 Å². The van der Waals surface area contributed by atoms with Crippen molar-refractivity contribution in [3.8, 4) is 0 Å². The topological polar surface area (TPSA) is 42.0 Å². The van der Waals surface area contributed by atoms with Gasteiger partial charge in [-0.15, -0.1) is 0 Å². The standard InChI is InChI=1S/C19H28N2O3/c1-15-17(7-5-11-24-15)19(22)20(2)14-16-6-3-4-8-18(16)21-9-12-23-13-10-21/h3-4,6,8,15,17H,5,7,9-14H2,1-2H3/t15-,17-/m0/s1. The number of hydrogen-bond acceptors (Lipinski definition) is 4. The number of benzene rings is 1. The molecule has 0 N–H and O–H groups in total. The summed E-state index contributed by atoms with van der Waals surface area (Å²) < 4.78 is 11.1. The van der Waals surface area contributed by atoms with E-state index in [9.17, 15) is 4.79 Å². The Morgan fingerprint density at radius 1 is 1.25 bits per heavy atom. The fraction of sp³-hybridized carbons (Fsp3) is 0.632. The second kappa shape index (κ2) is 7.99. The number of hydrogen-bond donors (Lipinski definition) is 0. The molecule has 0 radical (unpaired) electrons. The van der Waals surface area contributed by atoms with Crippen LogP contribution < -0.4 is 4.90 Å². The summed E-state index contributed by atoms with van der Waals surface area (Å²) in [6.45, 7) is 6.76. The zero-order chi connectivity index (χ0) is 16.9. The molecule has 0 aliphatic carbocycles. The highest BCUT2D eigenvalue weighted by atomic mass is 16.5. The van der Waals surface area contributed by atoms with Crippen molar-refractivity contribution in [3.05, 3.63) is 29.8 Å². The molecular formula is C19H28N2O3. The van der Waals surface area contributed by atoms with Crippen LogP contribution in [0.3, 0.4) is 0 Å². The molecule has 1 amide bonds. The number of nitrogens with zero attached hydrogens (tertiary/aromatic N) is 2. The molecule has 5 heteroatoms. The van der Waals surface area contributed by atoms with E-state index < -0.39 is 0 Å². The Bertz CT molecular complexity index is 557. The van der Waals surface area contributed by atoms with E-state index in [0.717, 1.165) is 45.8 Å². The number of carbonyl (C=O) groups is 1. The van der Waals surface area contributed by atoms with E-state index in [2.05, 4.69) is 23.1 Å². The van der Waals surface area contributed by atoms with Crippen molar-refractivity contribution in [1.29, 1.82) is 0 Å². The first-order chi connectivity index (χ1) is 11.7. The molecule has 1 aromatic rings. The van der Waals surface area contributed by atoms with Crippen LogP contribution in [0.25, 0.3) is 0 Å². The zero-order valence-electron chi connectivity index (χ0n) is 14.7. The molecule has 24 heavy (non-hydrogen) atoms. The summed E-state index contributed by atoms with van der Waals surface area (Å²) >= 11 is 0. The molecule has 2 saturated heterocycles. The summed E-state index contributed by atoms with van der Waals surface area (Å²) in [6.07, 6.45) is 1.91. The van der Waals surface area contributed by atoms with Gasteiger partial charge in [-0.2, -0.15) is 0 Å². The average Bonchev–Trinajstić information content (AvgIpc) is 2.63. The van der Waals surface area contributed by atoms with Gasteiger partial charge in [0, 0.05) is 39.0 Å². The van der Waals surface area contributed by atoms with Gasteiger partial charge in [-0.05, 0) is 31.4 Å². The molecule has 1 aromatic carbocycles. The number of ether oxygens (including phenoxy) is 2. The molecule has 2 fully saturated rings. The lowest BCUT2D eigenvalue weighted by Gasteiger charge is -2.33. The molecule has 132 valence electrons. The highest BCUT2D eigenvalue weighted by Gasteiger charge is 2.31. The quantitative estimate of drug-likeness (QED) is 0.848. The lowest BCUT2D eigenvalue weighted by atomic mass is 9.94. The first-order valence-electron chi connectivity index (χ1n) is 8.94. The molecule has 2 heterocycles. The Kier molecular flexibility index (Phi) is 5.74.